The van der Waals surface area contributed by atoms with E-state index in [9.17, 15) is 9.59 Å². The summed E-state index contributed by atoms with van der Waals surface area (Å²) in [5.74, 6) is 2.14. The van der Waals surface area contributed by atoms with Gasteiger partial charge in [-0.3, -0.25) is 9.97 Å². The highest BCUT2D eigenvalue weighted by Crippen LogP contribution is 2.39. The Morgan fingerprint density at radius 1 is 0.635 bits per heavy atom. The summed E-state index contributed by atoms with van der Waals surface area (Å²) in [6.45, 7) is 1.32. The number of anilines is 2. The highest BCUT2D eigenvalue weighted by molar-refractivity contribution is 7.22. The summed E-state index contributed by atoms with van der Waals surface area (Å²) in [6.07, 6.45) is 18.8. The average Bonchev–Trinajstić information content (AvgIpc) is 3.92. The predicted molar refractivity (Wildman–Crippen MR) is 245 cm³/mol. The number of halogens is 1. The minimum absolute atomic E-state index is 0.123. The van der Waals surface area contributed by atoms with E-state index in [1.165, 1.54) is 55.7 Å². The maximum absolute atomic E-state index is 11.7. The number of hydrogen-bond donors (Lipinski definition) is 2. The van der Waals surface area contributed by atoms with Gasteiger partial charge in [-0.05, 0) is 49.9 Å². The second-order valence-corrected chi connectivity index (χ2v) is 18.4. The fraction of sp³-hybridized carbons (Fsp3) is 0.467. The monoisotopic (exact) mass is 913 g/mol. The predicted octanol–water partition coefficient (Wildman–Crippen LogP) is 10.2. The minimum atomic E-state index is -0.773. The minimum Gasteiger partial charge on any atom is -0.473 e. The Balaban J connectivity index is 0.000000157. The van der Waals surface area contributed by atoms with Gasteiger partial charge in [0.25, 0.3) is 0 Å². The Hall–Kier alpha value is -5.39. The molecule has 3 aliphatic carbocycles. The third-order valence-electron chi connectivity index (χ3n) is 11.8. The van der Waals surface area contributed by atoms with E-state index in [1.807, 2.05) is 24.3 Å². The Bertz CT molecular complexity index is 2360. The van der Waals surface area contributed by atoms with E-state index >= 15 is 0 Å². The third kappa shape index (κ3) is 11.6. The number of carbonyl (C=O) groups excluding carboxylic acids is 2. The maximum atomic E-state index is 11.7. The molecule has 63 heavy (non-hydrogen) atoms. The number of para-hydroxylation sites is 2. The molecule has 0 atom stereocenters. The van der Waals surface area contributed by atoms with Crippen molar-refractivity contribution in [2.24, 2.45) is 0 Å². The lowest BCUT2D eigenvalue weighted by atomic mass is 9.86. The first-order chi connectivity index (χ1) is 30.8. The number of nitrogens with one attached hydrogen (secondary N) is 2. The smallest absolute Gasteiger partial charge is 0.409 e. The van der Waals surface area contributed by atoms with Crippen molar-refractivity contribution in [1.82, 2.24) is 34.8 Å². The summed E-state index contributed by atoms with van der Waals surface area (Å²) in [5, 5.41) is 9.04. The number of nitrogens with zero attached hydrogens (tertiary/aromatic N) is 7. The molecule has 332 valence electrons. The van der Waals surface area contributed by atoms with E-state index in [2.05, 4.69) is 81.1 Å². The van der Waals surface area contributed by atoms with Crippen molar-refractivity contribution in [1.29, 1.82) is 0 Å². The van der Waals surface area contributed by atoms with Crippen molar-refractivity contribution in [3.05, 3.63) is 84.7 Å². The van der Waals surface area contributed by atoms with Crippen LogP contribution in [0.3, 0.4) is 0 Å². The topological polar surface area (TPSA) is 176 Å². The highest BCUT2D eigenvalue weighted by Gasteiger charge is 2.35. The quantitative estimate of drug-likeness (QED) is 0.124. The number of likely N-dealkylation sites (tertiary alicyclic amines) is 1. The van der Waals surface area contributed by atoms with Crippen LogP contribution < -0.4 is 20.1 Å². The second-order valence-electron chi connectivity index (χ2n) is 16.1. The molecular weight excluding hydrogens is 862 g/mol. The summed E-state index contributed by atoms with van der Waals surface area (Å²) < 4.78 is 23.6. The fourth-order valence-corrected chi connectivity index (χ4v) is 10.2. The summed E-state index contributed by atoms with van der Waals surface area (Å²) in [7, 11) is 2.63. The first-order valence-electron chi connectivity index (χ1n) is 21.6. The Morgan fingerprint density at radius 2 is 1.08 bits per heavy atom. The van der Waals surface area contributed by atoms with Crippen LogP contribution in [-0.2, 0) is 9.47 Å². The van der Waals surface area contributed by atoms with E-state index < -0.39 is 5.43 Å². The summed E-state index contributed by atoms with van der Waals surface area (Å²) in [5.41, 5.74) is 3.29. The number of aromatic nitrogens is 6. The van der Waals surface area contributed by atoms with Crippen molar-refractivity contribution in [2.75, 3.05) is 37.9 Å². The molecule has 4 aliphatic rings. The molecule has 1 amide bonds. The van der Waals surface area contributed by atoms with Crippen LogP contribution in [0.5, 0.6) is 11.8 Å². The normalized spacial score (nSPS) is 21.0. The zero-order valence-electron chi connectivity index (χ0n) is 35.4. The Morgan fingerprint density at radius 3 is 1.52 bits per heavy atom. The molecule has 3 saturated carbocycles. The molecule has 18 heteroatoms. The van der Waals surface area contributed by atoms with Crippen LogP contribution in [0.2, 0.25) is 0 Å². The highest BCUT2D eigenvalue weighted by atomic mass is 35.5. The van der Waals surface area contributed by atoms with Gasteiger partial charge in [-0.1, -0.05) is 66.2 Å². The number of fused-ring (bicyclic) bond motifs is 2. The van der Waals surface area contributed by atoms with E-state index in [-0.39, 0.29) is 24.2 Å². The van der Waals surface area contributed by atoms with Gasteiger partial charge in [-0.25, -0.2) is 29.5 Å². The van der Waals surface area contributed by atoms with Crippen LogP contribution >= 0.6 is 34.3 Å². The first kappa shape index (κ1) is 44.2. The lowest BCUT2D eigenvalue weighted by Gasteiger charge is -2.36. The molecule has 0 bridgehead atoms. The first-order valence-corrected chi connectivity index (χ1v) is 23.6. The molecule has 10 rings (SSSR count). The largest absolute Gasteiger partial charge is 0.473 e. The molecule has 4 aromatic heterocycles. The van der Waals surface area contributed by atoms with Gasteiger partial charge in [0.2, 0.25) is 11.8 Å². The van der Waals surface area contributed by atoms with Crippen LogP contribution in [0, 0.1) is 0 Å². The standard InChI is InChI=1S/C22H25N5O3S.C21H24N4OS.C2H3ClO2/c1-29-22(28)27-10-6-14(7-11-27)19-20(24-9-8-23-19)30-16-12-15(13-16)25-21-26-17-4-2-3-5-18(17)31-21;1-2-6-14(7-3-1)19-20(23-11-10-22-19)26-16-12-15(13-16)24-21-25-17-8-4-5-9-18(17)27-21;1-5-2(3)4/h2-5,8-9,14-16H,6-7,10-13H2,1H3,(H,25,26);4-5,8-11,14-16H,1-3,6-7,12-13H2,(H,24,25);1H3. The van der Waals surface area contributed by atoms with Crippen LogP contribution in [0.15, 0.2) is 73.3 Å². The number of piperidine rings is 1. The average molecular weight is 915 g/mol. The van der Waals surface area contributed by atoms with Gasteiger partial charge < -0.3 is 34.5 Å². The fourth-order valence-electron chi connectivity index (χ4n) is 8.35. The molecule has 1 aliphatic heterocycles. The van der Waals surface area contributed by atoms with Gasteiger partial charge >= 0.3 is 11.5 Å². The van der Waals surface area contributed by atoms with Gasteiger partial charge in [-0.2, -0.15) is 0 Å². The molecule has 0 unspecified atom stereocenters. The number of hydrogen-bond acceptors (Lipinski definition) is 16. The van der Waals surface area contributed by atoms with Gasteiger partial charge in [0, 0.05) is 99.1 Å². The summed E-state index contributed by atoms with van der Waals surface area (Å²) in [6, 6.07) is 17.2. The molecule has 15 nitrogen and oxygen atoms in total. The lowest BCUT2D eigenvalue weighted by molar-refractivity contribution is 0.0972. The number of ether oxygens (including phenoxy) is 4. The van der Waals surface area contributed by atoms with Crippen molar-refractivity contribution < 1.29 is 28.5 Å². The van der Waals surface area contributed by atoms with Gasteiger partial charge in [0.15, 0.2) is 10.3 Å². The molecule has 0 radical (unpaired) electrons. The van der Waals surface area contributed by atoms with Gasteiger partial charge in [0.05, 0.1) is 34.7 Å². The molecule has 5 heterocycles. The zero-order valence-corrected chi connectivity index (χ0v) is 37.7. The van der Waals surface area contributed by atoms with E-state index in [4.69, 9.17) is 14.2 Å². The third-order valence-corrected chi connectivity index (χ3v) is 13.9. The molecule has 2 N–H and O–H groups in total. The molecule has 2 aromatic carbocycles. The number of rotatable bonds is 10. The van der Waals surface area contributed by atoms with E-state index in [0.29, 0.717) is 37.0 Å². The number of methoxy groups -OCH3 is 2. The zero-order chi connectivity index (χ0) is 43.5. The van der Waals surface area contributed by atoms with Crippen LogP contribution in [-0.4, -0.2) is 97.9 Å². The molecule has 1 saturated heterocycles. The Kier molecular flexibility index (Phi) is 15.0. The number of amides is 1. The molecule has 6 aromatic rings. The van der Waals surface area contributed by atoms with Crippen LogP contribution in [0.25, 0.3) is 20.4 Å². The lowest BCUT2D eigenvalue weighted by Crippen LogP contribution is -2.43. The van der Waals surface area contributed by atoms with Gasteiger partial charge in [-0.15, -0.1) is 0 Å². The van der Waals surface area contributed by atoms with E-state index in [1.54, 1.807) is 52.4 Å². The van der Waals surface area contributed by atoms with Crippen molar-refractivity contribution in [2.45, 2.75) is 107 Å². The maximum Gasteiger partial charge on any atom is 0.409 e. The number of carbonyl (C=O) groups is 2. The van der Waals surface area contributed by atoms with E-state index in [0.717, 1.165) is 77.1 Å². The number of benzene rings is 2. The molecule has 4 fully saturated rings. The number of thiazole rings is 2. The van der Waals surface area contributed by atoms with Crippen LogP contribution in [0.1, 0.15) is 93.9 Å². The second kappa shape index (κ2) is 21.3. The SMILES string of the molecule is COC(=O)Cl.COC(=O)N1CCC(c2nccnc2OC2CC(Nc3nc4ccccc4s3)C2)CC1.c1ccc2sc(NC3CC(Oc4nccnc4C4CCCCC4)C3)nc2c1. The summed E-state index contributed by atoms with van der Waals surface area (Å²) in [4.78, 5) is 50.3. The summed E-state index contributed by atoms with van der Waals surface area (Å²) >= 11 is 8.00. The Labute approximate surface area is 379 Å². The molecule has 0 spiro atoms. The van der Waals surface area contributed by atoms with Crippen LogP contribution in [0.4, 0.5) is 19.9 Å². The van der Waals surface area contributed by atoms with Gasteiger partial charge in [0.1, 0.15) is 23.6 Å². The van der Waals surface area contributed by atoms with Crippen molar-refractivity contribution >= 4 is 76.5 Å². The van der Waals surface area contributed by atoms with Crippen molar-refractivity contribution in [3.8, 4) is 11.8 Å². The molecular formula is C45H52ClN9O6S2. The van der Waals surface area contributed by atoms with Crippen molar-refractivity contribution in [3.63, 3.8) is 0 Å².